The van der Waals surface area contributed by atoms with Crippen LogP contribution in [0.15, 0.2) is 41.9 Å². The van der Waals surface area contributed by atoms with E-state index >= 15 is 0 Å². The Morgan fingerprint density at radius 1 is 1.14 bits per heavy atom. The number of benzene rings is 1. The van der Waals surface area contributed by atoms with E-state index in [1.54, 1.807) is 23.6 Å². The van der Waals surface area contributed by atoms with E-state index in [0.29, 0.717) is 18.7 Å². The van der Waals surface area contributed by atoms with E-state index in [9.17, 15) is 8.78 Å². The van der Waals surface area contributed by atoms with Crippen molar-refractivity contribution in [2.75, 3.05) is 0 Å². The minimum atomic E-state index is -0.825. The predicted molar refractivity (Wildman–Crippen MR) is 78.8 cm³/mol. The summed E-state index contributed by atoms with van der Waals surface area (Å²) in [7, 11) is 0. The summed E-state index contributed by atoms with van der Waals surface area (Å²) in [6.45, 7) is 1.06. The van der Waals surface area contributed by atoms with Crippen LogP contribution in [0, 0.1) is 11.6 Å². The molecule has 3 rings (SSSR count). The normalized spacial score (nSPS) is 11.0. The Hall–Kier alpha value is -2.05. The van der Waals surface area contributed by atoms with Crippen LogP contribution in [0.5, 0.6) is 0 Å². The van der Waals surface area contributed by atoms with Gasteiger partial charge in [0.25, 0.3) is 0 Å². The fourth-order valence-corrected chi connectivity index (χ4v) is 2.83. The van der Waals surface area contributed by atoms with E-state index in [-0.39, 0.29) is 0 Å². The second-order valence-electron chi connectivity index (χ2n) is 4.60. The summed E-state index contributed by atoms with van der Waals surface area (Å²) in [5.74, 6) is -1.65. The number of aromatic nitrogens is 2. The van der Waals surface area contributed by atoms with Gasteiger partial charge in [0.1, 0.15) is 0 Å². The van der Waals surface area contributed by atoms with Crippen molar-refractivity contribution in [3.05, 3.63) is 64.7 Å². The highest BCUT2D eigenvalue weighted by Gasteiger charge is 2.08. The van der Waals surface area contributed by atoms with Crippen molar-refractivity contribution in [2.24, 2.45) is 0 Å². The number of H-pyrrole nitrogens is 1. The molecule has 2 heterocycles. The smallest absolute Gasteiger partial charge is 0.159 e. The maximum absolute atomic E-state index is 13.1. The number of nitrogens with one attached hydrogen (secondary N) is 2. The second-order valence-corrected chi connectivity index (χ2v) is 5.55. The van der Waals surface area contributed by atoms with Crippen molar-refractivity contribution < 1.29 is 8.78 Å². The van der Waals surface area contributed by atoms with Crippen LogP contribution in [-0.2, 0) is 13.1 Å². The molecule has 1 aromatic carbocycles. The maximum atomic E-state index is 13.1. The molecule has 0 atom stereocenters. The first kappa shape index (κ1) is 13.9. The third kappa shape index (κ3) is 3.17. The monoisotopic (exact) mass is 305 g/mol. The Kier molecular flexibility index (Phi) is 4.08. The van der Waals surface area contributed by atoms with Crippen molar-refractivity contribution in [3.63, 3.8) is 0 Å². The minimum absolute atomic E-state index is 0.465. The number of rotatable bonds is 5. The quantitative estimate of drug-likeness (QED) is 0.754. The molecule has 0 saturated heterocycles. The second kappa shape index (κ2) is 6.15. The van der Waals surface area contributed by atoms with Crippen molar-refractivity contribution >= 4 is 11.3 Å². The summed E-state index contributed by atoms with van der Waals surface area (Å²) in [6, 6.07) is 7.93. The van der Waals surface area contributed by atoms with Gasteiger partial charge >= 0.3 is 0 Å². The van der Waals surface area contributed by atoms with E-state index in [4.69, 9.17) is 0 Å². The number of thiophene rings is 1. The van der Waals surface area contributed by atoms with Crippen LogP contribution >= 0.6 is 11.3 Å². The lowest BCUT2D eigenvalue weighted by Gasteiger charge is -2.05. The molecule has 0 aliphatic heterocycles. The van der Waals surface area contributed by atoms with Crippen molar-refractivity contribution in [2.45, 2.75) is 13.1 Å². The van der Waals surface area contributed by atoms with E-state index in [0.717, 1.165) is 22.2 Å². The highest BCUT2D eigenvalue weighted by Crippen LogP contribution is 2.25. The lowest BCUT2D eigenvalue weighted by molar-refractivity contribution is 0.506. The molecule has 0 radical (unpaired) electrons. The first-order valence-corrected chi connectivity index (χ1v) is 7.33. The highest BCUT2D eigenvalue weighted by molar-refractivity contribution is 7.13. The summed E-state index contributed by atoms with van der Waals surface area (Å²) in [4.78, 5) is 1.12. The largest absolute Gasteiger partial charge is 0.308 e. The van der Waals surface area contributed by atoms with Crippen LogP contribution < -0.4 is 5.32 Å². The summed E-state index contributed by atoms with van der Waals surface area (Å²) in [5, 5.41) is 12.3. The van der Waals surface area contributed by atoms with E-state index in [1.165, 1.54) is 6.07 Å². The van der Waals surface area contributed by atoms with Crippen molar-refractivity contribution in [1.29, 1.82) is 0 Å². The van der Waals surface area contributed by atoms with Gasteiger partial charge in [0.05, 0.1) is 16.8 Å². The summed E-state index contributed by atoms with van der Waals surface area (Å²) < 4.78 is 26.0. The van der Waals surface area contributed by atoms with Gasteiger partial charge in [-0.3, -0.25) is 5.10 Å². The zero-order valence-electron chi connectivity index (χ0n) is 11.1. The first-order chi connectivity index (χ1) is 10.2. The molecule has 3 aromatic rings. The number of hydrogen-bond donors (Lipinski definition) is 2. The Labute approximate surface area is 124 Å². The molecule has 0 aliphatic carbocycles. The summed E-state index contributed by atoms with van der Waals surface area (Å²) in [6.07, 6.45) is 1.77. The number of nitrogens with zero attached hydrogens (tertiary/aromatic N) is 1. The SMILES string of the molecule is Fc1ccc(CNCc2cn[nH]c2-c2cccs2)cc1F. The molecule has 0 aliphatic rings. The lowest BCUT2D eigenvalue weighted by atomic mass is 10.2. The molecule has 0 bridgehead atoms. The van der Waals surface area contributed by atoms with Gasteiger partial charge in [-0.1, -0.05) is 12.1 Å². The number of aromatic amines is 1. The molecule has 108 valence electrons. The predicted octanol–water partition coefficient (Wildman–Crippen LogP) is 3.71. The molecule has 6 heteroatoms. The van der Waals surface area contributed by atoms with Gasteiger partial charge in [-0.05, 0) is 29.1 Å². The molecule has 0 fully saturated rings. The van der Waals surface area contributed by atoms with Gasteiger partial charge in [0.2, 0.25) is 0 Å². The molecule has 2 aromatic heterocycles. The Morgan fingerprint density at radius 3 is 2.81 bits per heavy atom. The standard InChI is InChI=1S/C15H13F2N3S/c16-12-4-3-10(6-13(12)17)7-18-8-11-9-19-20-15(11)14-2-1-5-21-14/h1-6,9,18H,7-8H2,(H,19,20). The summed E-state index contributed by atoms with van der Waals surface area (Å²) in [5.41, 5.74) is 2.73. The van der Waals surface area contributed by atoms with Crippen LogP contribution in [0.1, 0.15) is 11.1 Å². The molecular formula is C15H13F2N3S. The van der Waals surface area contributed by atoms with Crippen LogP contribution in [0.3, 0.4) is 0 Å². The average molecular weight is 305 g/mol. The van der Waals surface area contributed by atoms with E-state index in [2.05, 4.69) is 15.5 Å². The Balaban J connectivity index is 1.63. The van der Waals surface area contributed by atoms with Gasteiger partial charge in [0.15, 0.2) is 11.6 Å². The Bertz CT molecular complexity index is 722. The molecule has 0 saturated carbocycles. The van der Waals surface area contributed by atoms with Crippen LogP contribution in [-0.4, -0.2) is 10.2 Å². The zero-order chi connectivity index (χ0) is 14.7. The first-order valence-electron chi connectivity index (χ1n) is 6.45. The van der Waals surface area contributed by atoms with E-state index in [1.807, 2.05) is 17.5 Å². The molecule has 0 amide bonds. The van der Waals surface area contributed by atoms with Gasteiger partial charge in [-0.25, -0.2) is 8.78 Å². The fraction of sp³-hybridized carbons (Fsp3) is 0.133. The highest BCUT2D eigenvalue weighted by atomic mass is 32.1. The van der Waals surface area contributed by atoms with Crippen molar-refractivity contribution in [3.8, 4) is 10.6 Å². The van der Waals surface area contributed by atoms with Gasteiger partial charge in [-0.15, -0.1) is 11.3 Å². The molecule has 21 heavy (non-hydrogen) atoms. The minimum Gasteiger partial charge on any atom is -0.308 e. The molecule has 0 spiro atoms. The average Bonchev–Trinajstić information content (AvgIpc) is 3.13. The lowest BCUT2D eigenvalue weighted by Crippen LogP contribution is -2.13. The van der Waals surface area contributed by atoms with Gasteiger partial charge < -0.3 is 5.32 Å². The summed E-state index contributed by atoms with van der Waals surface area (Å²) >= 11 is 1.64. The van der Waals surface area contributed by atoms with Gasteiger partial charge in [-0.2, -0.15) is 5.10 Å². The fourth-order valence-electron chi connectivity index (χ4n) is 2.07. The van der Waals surface area contributed by atoms with Crippen molar-refractivity contribution in [1.82, 2.24) is 15.5 Å². The molecular weight excluding hydrogens is 292 g/mol. The zero-order valence-corrected chi connectivity index (χ0v) is 11.9. The van der Waals surface area contributed by atoms with Gasteiger partial charge in [0, 0.05) is 18.7 Å². The maximum Gasteiger partial charge on any atom is 0.159 e. The third-order valence-corrected chi connectivity index (χ3v) is 4.00. The number of hydrogen-bond acceptors (Lipinski definition) is 3. The third-order valence-electron chi connectivity index (χ3n) is 3.11. The Morgan fingerprint density at radius 2 is 2.05 bits per heavy atom. The molecule has 2 N–H and O–H groups in total. The van der Waals surface area contributed by atoms with E-state index < -0.39 is 11.6 Å². The molecule has 0 unspecified atom stereocenters. The number of halogens is 2. The topological polar surface area (TPSA) is 40.7 Å². The molecule has 3 nitrogen and oxygen atoms in total. The van der Waals surface area contributed by atoms with Crippen LogP contribution in [0.25, 0.3) is 10.6 Å². The van der Waals surface area contributed by atoms with Crippen LogP contribution in [0.2, 0.25) is 0 Å². The van der Waals surface area contributed by atoms with Crippen LogP contribution in [0.4, 0.5) is 8.78 Å².